The zero-order valence-corrected chi connectivity index (χ0v) is 14.1. The number of imide groups is 1. The number of likely N-dealkylation sites (tertiary alicyclic amines) is 2. The van der Waals surface area contributed by atoms with E-state index in [1.807, 2.05) is 0 Å². The van der Waals surface area contributed by atoms with E-state index in [0.29, 0.717) is 39.1 Å². The quantitative estimate of drug-likeness (QED) is 0.526. The molecular weight excluding hydrogens is 324 g/mol. The first-order valence-corrected chi connectivity index (χ1v) is 9.17. The van der Waals surface area contributed by atoms with Crippen LogP contribution in [0.1, 0.15) is 19.3 Å². The van der Waals surface area contributed by atoms with Crippen LogP contribution in [0.4, 0.5) is 0 Å². The van der Waals surface area contributed by atoms with E-state index in [2.05, 4.69) is 12.2 Å². The number of rotatable bonds is 2. The maximum Gasteiger partial charge on any atom is 0.242 e. The molecule has 2 aliphatic carbocycles. The van der Waals surface area contributed by atoms with E-state index in [9.17, 15) is 14.4 Å². The standard InChI is InChI=1S/C18H22N2O5/c21-13(19-5-3-18(4-6-19)24-7-8-25-18)10-20-16(22)14-11-1-2-12(9-11)15(14)17(20)23/h1-2,11-12,14-15H,3-10H2. The van der Waals surface area contributed by atoms with Crippen molar-refractivity contribution >= 4 is 17.7 Å². The number of hydrogen-bond acceptors (Lipinski definition) is 5. The number of carbonyl (C=O) groups is 3. The number of ether oxygens (including phenoxy) is 2. The molecule has 4 atom stereocenters. The Labute approximate surface area is 145 Å². The van der Waals surface area contributed by atoms with Gasteiger partial charge in [-0.1, -0.05) is 12.2 Å². The van der Waals surface area contributed by atoms with E-state index >= 15 is 0 Å². The fourth-order valence-corrected chi connectivity index (χ4v) is 5.24. The molecular formula is C18H22N2O5. The summed E-state index contributed by atoms with van der Waals surface area (Å²) < 4.78 is 11.3. The molecule has 3 amide bonds. The van der Waals surface area contributed by atoms with Gasteiger partial charge < -0.3 is 14.4 Å². The minimum absolute atomic E-state index is 0.126. The van der Waals surface area contributed by atoms with Gasteiger partial charge in [0.15, 0.2) is 5.79 Å². The Balaban J connectivity index is 1.23. The predicted molar refractivity (Wildman–Crippen MR) is 84.9 cm³/mol. The van der Waals surface area contributed by atoms with Crippen LogP contribution in [0.2, 0.25) is 0 Å². The number of fused-ring (bicyclic) bond motifs is 5. The SMILES string of the molecule is O=C(CN1C(=O)C2C3C=CC(C3)C2C1=O)N1CCC2(CC1)OCCO2. The molecule has 0 N–H and O–H groups in total. The van der Waals surface area contributed by atoms with Gasteiger partial charge in [-0.2, -0.15) is 0 Å². The lowest BCUT2D eigenvalue weighted by Crippen LogP contribution is -2.50. The molecule has 7 nitrogen and oxygen atoms in total. The van der Waals surface area contributed by atoms with Gasteiger partial charge in [-0.25, -0.2) is 0 Å². The molecule has 1 saturated carbocycles. The van der Waals surface area contributed by atoms with E-state index in [0.717, 1.165) is 6.42 Å². The van der Waals surface area contributed by atoms with Crippen molar-refractivity contribution in [2.24, 2.45) is 23.7 Å². The molecule has 7 heteroatoms. The highest BCUT2D eigenvalue weighted by Crippen LogP contribution is 2.52. The second-order valence-corrected chi connectivity index (χ2v) is 7.75. The fraction of sp³-hybridized carbons (Fsp3) is 0.722. The van der Waals surface area contributed by atoms with Gasteiger partial charge in [-0.15, -0.1) is 0 Å². The summed E-state index contributed by atoms with van der Waals surface area (Å²) in [6.07, 6.45) is 6.31. The number of allylic oxidation sites excluding steroid dienone is 2. The molecule has 1 spiro atoms. The third-order valence-electron chi connectivity index (χ3n) is 6.55. The molecule has 0 radical (unpaired) electrons. The third kappa shape index (κ3) is 2.22. The highest BCUT2D eigenvalue weighted by atomic mass is 16.7. The van der Waals surface area contributed by atoms with Crippen molar-refractivity contribution in [1.82, 2.24) is 9.80 Å². The lowest BCUT2D eigenvalue weighted by atomic mass is 9.85. The Bertz CT molecular complexity index is 628. The van der Waals surface area contributed by atoms with E-state index in [-0.39, 0.29) is 47.9 Å². The van der Waals surface area contributed by atoms with Crippen molar-refractivity contribution in [3.8, 4) is 0 Å². The predicted octanol–water partition coefficient (Wildman–Crippen LogP) is 0.159. The lowest BCUT2D eigenvalue weighted by Gasteiger charge is -2.38. The number of carbonyl (C=O) groups excluding carboxylic acids is 3. The molecule has 0 aromatic carbocycles. The highest BCUT2D eigenvalue weighted by molar-refractivity contribution is 6.08. The van der Waals surface area contributed by atoms with Gasteiger partial charge in [0.05, 0.1) is 25.0 Å². The number of amides is 3. The highest BCUT2D eigenvalue weighted by Gasteiger charge is 2.59. The van der Waals surface area contributed by atoms with E-state index < -0.39 is 5.79 Å². The van der Waals surface area contributed by atoms with Crippen LogP contribution in [-0.4, -0.2) is 66.2 Å². The van der Waals surface area contributed by atoms with Crippen LogP contribution in [0.3, 0.4) is 0 Å². The zero-order valence-electron chi connectivity index (χ0n) is 14.1. The number of piperidine rings is 1. The summed E-state index contributed by atoms with van der Waals surface area (Å²) in [7, 11) is 0. The number of hydrogen-bond donors (Lipinski definition) is 0. The van der Waals surface area contributed by atoms with Crippen molar-refractivity contribution < 1.29 is 23.9 Å². The van der Waals surface area contributed by atoms with Gasteiger partial charge in [0, 0.05) is 25.9 Å². The Morgan fingerprint density at radius 1 is 1.04 bits per heavy atom. The van der Waals surface area contributed by atoms with Crippen LogP contribution >= 0.6 is 0 Å². The average molecular weight is 346 g/mol. The van der Waals surface area contributed by atoms with E-state index in [1.54, 1.807) is 4.90 Å². The summed E-state index contributed by atoms with van der Waals surface area (Å²) in [6.45, 7) is 2.15. The normalized spacial score (nSPS) is 38.2. The molecule has 3 saturated heterocycles. The molecule has 5 rings (SSSR count). The van der Waals surface area contributed by atoms with Gasteiger partial charge in [0.1, 0.15) is 6.54 Å². The monoisotopic (exact) mass is 346 g/mol. The Kier molecular flexibility index (Phi) is 3.34. The number of nitrogens with zero attached hydrogens (tertiary/aromatic N) is 2. The molecule has 134 valence electrons. The third-order valence-corrected chi connectivity index (χ3v) is 6.55. The fourth-order valence-electron chi connectivity index (χ4n) is 5.24. The summed E-state index contributed by atoms with van der Waals surface area (Å²) >= 11 is 0. The first-order chi connectivity index (χ1) is 12.1. The van der Waals surface area contributed by atoms with Gasteiger partial charge in [0.2, 0.25) is 17.7 Å². The van der Waals surface area contributed by atoms with Crippen molar-refractivity contribution in [2.45, 2.75) is 25.0 Å². The molecule has 3 aliphatic heterocycles. The maximum atomic E-state index is 12.7. The van der Waals surface area contributed by atoms with Gasteiger partial charge in [0.25, 0.3) is 0 Å². The molecule has 2 bridgehead atoms. The lowest BCUT2D eigenvalue weighted by molar-refractivity contribution is -0.188. The summed E-state index contributed by atoms with van der Waals surface area (Å²) in [6, 6.07) is 0. The molecule has 4 unspecified atom stereocenters. The maximum absolute atomic E-state index is 12.7. The summed E-state index contributed by atoms with van der Waals surface area (Å²) in [5.74, 6) is -1.11. The molecule has 0 aromatic rings. The Hall–Kier alpha value is -1.73. The summed E-state index contributed by atoms with van der Waals surface area (Å²) in [5, 5.41) is 0. The van der Waals surface area contributed by atoms with Gasteiger partial charge in [-0.05, 0) is 18.3 Å². The largest absolute Gasteiger partial charge is 0.347 e. The van der Waals surface area contributed by atoms with Crippen molar-refractivity contribution in [3.05, 3.63) is 12.2 Å². The first kappa shape index (κ1) is 15.5. The van der Waals surface area contributed by atoms with Crippen molar-refractivity contribution in [2.75, 3.05) is 32.8 Å². The molecule has 0 aromatic heterocycles. The Morgan fingerprint density at radius 2 is 1.60 bits per heavy atom. The van der Waals surface area contributed by atoms with Crippen molar-refractivity contribution in [3.63, 3.8) is 0 Å². The Morgan fingerprint density at radius 3 is 2.16 bits per heavy atom. The van der Waals surface area contributed by atoms with Crippen molar-refractivity contribution in [1.29, 1.82) is 0 Å². The second-order valence-electron chi connectivity index (χ2n) is 7.75. The van der Waals surface area contributed by atoms with Crippen LogP contribution in [0.15, 0.2) is 12.2 Å². The molecule has 4 fully saturated rings. The van der Waals surface area contributed by atoms with E-state index in [1.165, 1.54) is 4.90 Å². The topological polar surface area (TPSA) is 76.2 Å². The van der Waals surface area contributed by atoms with E-state index in [4.69, 9.17) is 9.47 Å². The first-order valence-electron chi connectivity index (χ1n) is 9.17. The average Bonchev–Trinajstić information content (AvgIpc) is 3.37. The van der Waals surface area contributed by atoms with Gasteiger partial charge in [-0.3, -0.25) is 19.3 Å². The minimum atomic E-state index is -0.530. The van der Waals surface area contributed by atoms with Crippen LogP contribution in [0, 0.1) is 23.7 Å². The minimum Gasteiger partial charge on any atom is -0.347 e. The summed E-state index contributed by atoms with van der Waals surface area (Å²) in [4.78, 5) is 40.9. The zero-order chi connectivity index (χ0) is 17.2. The van der Waals surface area contributed by atoms with Crippen LogP contribution in [0.5, 0.6) is 0 Å². The molecule has 3 heterocycles. The molecule has 25 heavy (non-hydrogen) atoms. The van der Waals surface area contributed by atoms with Gasteiger partial charge >= 0.3 is 0 Å². The smallest absolute Gasteiger partial charge is 0.242 e. The summed E-state index contributed by atoms with van der Waals surface area (Å²) in [5.41, 5.74) is 0. The van der Waals surface area contributed by atoms with Crippen LogP contribution in [0.25, 0.3) is 0 Å². The molecule has 5 aliphatic rings. The van der Waals surface area contributed by atoms with Crippen LogP contribution < -0.4 is 0 Å². The second kappa shape index (κ2) is 5.38. The van der Waals surface area contributed by atoms with Crippen LogP contribution in [-0.2, 0) is 23.9 Å².